The van der Waals surface area contributed by atoms with E-state index in [1.807, 2.05) is 31.2 Å². The van der Waals surface area contributed by atoms with Crippen LogP contribution in [-0.2, 0) is 11.2 Å². The predicted molar refractivity (Wildman–Crippen MR) is 80.4 cm³/mol. The number of ether oxygens (including phenoxy) is 2. The van der Waals surface area contributed by atoms with Crippen molar-refractivity contribution in [2.45, 2.75) is 19.4 Å². The molecule has 4 nitrogen and oxygen atoms in total. The van der Waals surface area contributed by atoms with Crippen LogP contribution in [-0.4, -0.2) is 13.1 Å². The molecule has 0 aliphatic carbocycles. The highest BCUT2D eigenvalue weighted by Crippen LogP contribution is 2.35. The summed E-state index contributed by atoms with van der Waals surface area (Å²) in [5.41, 5.74) is 10.0. The summed E-state index contributed by atoms with van der Waals surface area (Å²) in [6.07, 6.45) is 0.401. The van der Waals surface area contributed by atoms with E-state index in [-0.39, 0.29) is 12.1 Å². The number of aryl methyl sites for hydroxylation is 1. The predicted octanol–water partition coefficient (Wildman–Crippen LogP) is 3.04. The highest BCUT2D eigenvalue weighted by Gasteiger charge is 2.31. The molecule has 0 aromatic heterocycles. The zero-order valence-corrected chi connectivity index (χ0v) is 12.1. The number of fused-ring (bicyclic) bond motifs is 1. The molecule has 2 N–H and O–H groups in total. The number of hydrogen-bond donors (Lipinski definition) is 1. The molecular formula is C17H17NO3. The van der Waals surface area contributed by atoms with E-state index < -0.39 is 0 Å². The maximum atomic E-state index is 11.9. The number of anilines is 1. The van der Waals surface area contributed by atoms with Gasteiger partial charge in [0, 0.05) is 17.7 Å². The van der Waals surface area contributed by atoms with Crippen LogP contribution in [0, 0.1) is 6.92 Å². The summed E-state index contributed by atoms with van der Waals surface area (Å²) in [4.78, 5) is 11.9. The zero-order valence-electron chi connectivity index (χ0n) is 12.1. The molecule has 0 saturated heterocycles. The summed E-state index contributed by atoms with van der Waals surface area (Å²) in [7, 11) is 1.65. The van der Waals surface area contributed by atoms with E-state index in [1.165, 1.54) is 0 Å². The summed E-state index contributed by atoms with van der Waals surface area (Å²) in [5, 5.41) is 0. The molecule has 0 spiro atoms. The number of cyclic esters (lactones) is 1. The van der Waals surface area contributed by atoms with Crippen LogP contribution >= 0.6 is 0 Å². The van der Waals surface area contributed by atoms with E-state index in [1.54, 1.807) is 19.2 Å². The molecule has 0 radical (unpaired) electrons. The molecule has 2 aromatic carbocycles. The molecule has 1 aliphatic heterocycles. The Morgan fingerprint density at radius 3 is 2.76 bits per heavy atom. The van der Waals surface area contributed by atoms with Crippen molar-refractivity contribution in [2.75, 3.05) is 12.8 Å². The Balaban J connectivity index is 1.89. The van der Waals surface area contributed by atoms with E-state index >= 15 is 0 Å². The first-order chi connectivity index (χ1) is 10.1. The number of carbonyl (C=O) groups excluding carboxylic acids is 1. The maximum absolute atomic E-state index is 11.9. The highest BCUT2D eigenvalue weighted by molar-refractivity contribution is 5.95. The molecule has 0 bridgehead atoms. The van der Waals surface area contributed by atoms with Crippen molar-refractivity contribution >= 4 is 11.7 Å². The number of methoxy groups -OCH3 is 1. The van der Waals surface area contributed by atoms with Crippen LogP contribution in [0.15, 0.2) is 36.4 Å². The fourth-order valence-corrected chi connectivity index (χ4v) is 2.66. The van der Waals surface area contributed by atoms with Crippen LogP contribution in [0.5, 0.6) is 5.75 Å². The van der Waals surface area contributed by atoms with Gasteiger partial charge in [-0.05, 0) is 42.3 Å². The number of carbonyl (C=O) groups is 1. The molecule has 1 heterocycles. The summed E-state index contributed by atoms with van der Waals surface area (Å²) in [6.45, 7) is 2.03. The molecular weight excluding hydrogens is 266 g/mol. The lowest BCUT2D eigenvalue weighted by Crippen LogP contribution is -2.04. The van der Waals surface area contributed by atoms with Crippen molar-refractivity contribution < 1.29 is 14.3 Å². The first-order valence-corrected chi connectivity index (χ1v) is 6.82. The monoisotopic (exact) mass is 283 g/mol. The van der Waals surface area contributed by atoms with Gasteiger partial charge in [0.1, 0.15) is 11.9 Å². The van der Waals surface area contributed by atoms with Crippen LogP contribution in [0.1, 0.15) is 33.2 Å². The number of hydrogen-bond acceptors (Lipinski definition) is 4. The van der Waals surface area contributed by atoms with Crippen molar-refractivity contribution in [3.63, 3.8) is 0 Å². The second-order valence-corrected chi connectivity index (χ2v) is 5.24. The number of nitrogen functional groups attached to an aromatic ring is 1. The van der Waals surface area contributed by atoms with Gasteiger partial charge in [-0.2, -0.15) is 0 Å². The Bertz CT molecular complexity index is 709. The second kappa shape index (κ2) is 5.13. The molecule has 4 heteroatoms. The summed E-state index contributed by atoms with van der Waals surface area (Å²) < 4.78 is 10.7. The van der Waals surface area contributed by atoms with Crippen LogP contribution in [0.4, 0.5) is 5.69 Å². The minimum absolute atomic E-state index is 0.250. The quantitative estimate of drug-likeness (QED) is 0.694. The van der Waals surface area contributed by atoms with Crippen molar-refractivity contribution in [3.8, 4) is 5.75 Å². The smallest absolute Gasteiger partial charge is 0.339 e. The summed E-state index contributed by atoms with van der Waals surface area (Å²) >= 11 is 0. The fraction of sp³-hybridized carbons (Fsp3) is 0.235. The van der Waals surface area contributed by atoms with E-state index in [2.05, 4.69) is 0 Å². The van der Waals surface area contributed by atoms with Gasteiger partial charge in [0.2, 0.25) is 0 Å². The summed E-state index contributed by atoms with van der Waals surface area (Å²) in [6, 6.07) is 11.3. The summed E-state index contributed by atoms with van der Waals surface area (Å²) in [5.74, 6) is 0.529. The third-order valence-electron chi connectivity index (χ3n) is 3.85. The normalized spacial score (nSPS) is 16.5. The van der Waals surface area contributed by atoms with Gasteiger partial charge in [-0.1, -0.05) is 12.1 Å². The van der Waals surface area contributed by atoms with E-state index in [4.69, 9.17) is 15.2 Å². The lowest BCUT2D eigenvalue weighted by Gasteiger charge is -2.13. The largest absolute Gasteiger partial charge is 0.497 e. The standard InChI is InChI=1S/C17H17NO3/c1-10-7-13(20-2)5-3-11(10)8-16-14-6-4-12(18)9-15(14)17(19)21-16/h3-7,9,16H,8,18H2,1-2H3. The van der Waals surface area contributed by atoms with E-state index in [0.717, 1.165) is 22.4 Å². The number of esters is 1. The van der Waals surface area contributed by atoms with Crippen LogP contribution in [0.2, 0.25) is 0 Å². The van der Waals surface area contributed by atoms with Gasteiger partial charge in [-0.3, -0.25) is 0 Å². The maximum Gasteiger partial charge on any atom is 0.339 e. The van der Waals surface area contributed by atoms with Gasteiger partial charge in [0.05, 0.1) is 12.7 Å². The van der Waals surface area contributed by atoms with Gasteiger partial charge in [-0.25, -0.2) is 4.79 Å². The molecule has 1 aliphatic rings. The van der Waals surface area contributed by atoms with Crippen LogP contribution in [0.3, 0.4) is 0 Å². The van der Waals surface area contributed by atoms with Gasteiger partial charge < -0.3 is 15.2 Å². The molecule has 1 unspecified atom stereocenters. The van der Waals surface area contributed by atoms with E-state index in [9.17, 15) is 4.79 Å². The lowest BCUT2D eigenvalue weighted by atomic mass is 9.96. The van der Waals surface area contributed by atoms with Crippen molar-refractivity contribution in [1.82, 2.24) is 0 Å². The van der Waals surface area contributed by atoms with Gasteiger partial charge in [0.25, 0.3) is 0 Å². The Labute approximate surface area is 123 Å². The molecule has 0 saturated carbocycles. The van der Waals surface area contributed by atoms with Crippen molar-refractivity contribution in [3.05, 3.63) is 58.7 Å². The SMILES string of the molecule is COc1ccc(CC2OC(=O)c3cc(N)ccc32)c(C)c1. The average molecular weight is 283 g/mol. The number of nitrogens with two attached hydrogens (primary N) is 1. The molecule has 0 fully saturated rings. The molecule has 3 rings (SSSR count). The highest BCUT2D eigenvalue weighted by atomic mass is 16.5. The average Bonchev–Trinajstić information content (AvgIpc) is 2.77. The topological polar surface area (TPSA) is 61.5 Å². The lowest BCUT2D eigenvalue weighted by molar-refractivity contribution is 0.0386. The zero-order chi connectivity index (χ0) is 15.0. The first kappa shape index (κ1) is 13.5. The first-order valence-electron chi connectivity index (χ1n) is 6.82. The van der Waals surface area contributed by atoms with Crippen LogP contribution in [0.25, 0.3) is 0 Å². The van der Waals surface area contributed by atoms with Crippen molar-refractivity contribution in [1.29, 1.82) is 0 Å². The van der Waals surface area contributed by atoms with Crippen LogP contribution < -0.4 is 10.5 Å². The Hall–Kier alpha value is -2.49. The third-order valence-corrected chi connectivity index (χ3v) is 3.85. The van der Waals surface area contributed by atoms with Crippen molar-refractivity contribution in [2.24, 2.45) is 0 Å². The van der Waals surface area contributed by atoms with Gasteiger partial charge in [-0.15, -0.1) is 0 Å². The number of benzene rings is 2. The Kier molecular flexibility index (Phi) is 3.29. The molecule has 2 aromatic rings. The molecule has 21 heavy (non-hydrogen) atoms. The molecule has 108 valence electrons. The third kappa shape index (κ3) is 2.44. The fourth-order valence-electron chi connectivity index (χ4n) is 2.66. The molecule has 1 atom stereocenters. The minimum Gasteiger partial charge on any atom is -0.497 e. The van der Waals surface area contributed by atoms with E-state index in [0.29, 0.717) is 17.7 Å². The second-order valence-electron chi connectivity index (χ2n) is 5.24. The van der Waals surface area contributed by atoms with Gasteiger partial charge >= 0.3 is 5.97 Å². The minimum atomic E-state index is -0.298. The number of rotatable bonds is 3. The van der Waals surface area contributed by atoms with Gasteiger partial charge in [0.15, 0.2) is 0 Å². The molecule has 0 amide bonds. The Morgan fingerprint density at radius 2 is 2.05 bits per heavy atom. The Morgan fingerprint density at radius 1 is 1.24 bits per heavy atom.